The molecule has 11 heavy (non-hydrogen) atoms. The number of hydrogen-bond donors (Lipinski definition) is 1. The predicted octanol–water partition coefficient (Wildman–Crippen LogP) is 1.38. The lowest BCUT2D eigenvalue weighted by Gasteiger charge is -2.16. The van der Waals surface area contributed by atoms with Crippen molar-refractivity contribution in [2.24, 2.45) is 5.41 Å². The first-order chi connectivity index (χ1) is 4.90. The molecule has 0 saturated heterocycles. The smallest absolute Gasteiger partial charge is 0.309 e. The van der Waals surface area contributed by atoms with Crippen molar-refractivity contribution >= 4 is 22.8 Å². The van der Waals surface area contributed by atoms with Gasteiger partial charge in [0, 0.05) is 6.42 Å². The van der Waals surface area contributed by atoms with Crippen molar-refractivity contribution in [1.82, 2.24) is 0 Å². The normalized spacial score (nSPS) is 11.2. The molecule has 0 radical (unpaired) electrons. The maximum absolute atomic E-state index is 10.8. The van der Waals surface area contributed by atoms with E-state index in [9.17, 15) is 9.59 Å². The first-order valence-corrected chi connectivity index (χ1v) is 4.43. The van der Waals surface area contributed by atoms with Crippen molar-refractivity contribution in [1.29, 1.82) is 0 Å². The van der Waals surface area contributed by atoms with Gasteiger partial charge in [-0.3, -0.25) is 9.59 Å². The Hall–Kier alpha value is -0.510. The molecular weight excluding hydrogens is 164 g/mol. The monoisotopic (exact) mass is 176 g/mol. The van der Waals surface area contributed by atoms with Gasteiger partial charge in [0.1, 0.15) is 0 Å². The van der Waals surface area contributed by atoms with E-state index in [1.54, 1.807) is 20.1 Å². The lowest BCUT2D eigenvalue weighted by Crippen LogP contribution is -2.25. The van der Waals surface area contributed by atoms with Crippen LogP contribution in [0, 0.1) is 5.41 Å². The molecule has 0 unspecified atom stereocenters. The highest BCUT2D eigenvalue weighted by atomic mass is 32.2. The van der Waals surface area contributed by atoms with Crippen LogP contribution in [0.3, 0.4) is 0 Å². The third kappa shape index (κ3) is 3.41. The molecule has 0 spiro atoms. The highest BCUT2D eigenvalue weighted by Gasteiger charge is 2.29. The molecule has 0 aliphatic carbocycles. The second-order valence-electron chi connectivity index (χ2n) is 2.94. The van der Waals surface area contributed by atoms with Crippen molar-refractivity contribution in [2.75, 3.05) is 6.26 Å². The van der Waals surface area contributed by atoms with Crippen LogP contribution in [-0.4, -0.2) is 22.4 Å². The molecule has 0 rings (SSSR count). The van der Waals surface area contributed by atoms with E-state index in [1.807, 2.05) is 0 Å². The van der Waals surface area contributed by atoms with Crippen LogP contribution in [0.1, 0.15) is 20.3 Å². The molecule has 0 aliphatic heterocycles. The minimum Gasteiger partial charge on any atom is -0.481 e. The molecule has 0 heterocycles. The summed E-state index contributed by atoms with van der Waals surface area (Å²) in [4.78, 5) is 21.3. The van der Waals surface area contributed by atoms with Crippen molar-refractivity contribution in [3.8, 4) is 0 Å². The van der Waals surface area contributed by atoms with Crippen LogP contribution in [0.4, 0.5) is 0 Å². The largest absolute Gasteiger partial charge is 0.481 e. The Labute approximate surface area is 70.2 Å². The topological polar surface area (TPSA) is 54.4 Å². The minimum atomic E-state index is -0.931. The molecule has 3 nitrogen and oxygen atoms in total. The van der Waals surface area contributed by atoms with Gasteiger partial charge >= 0.3 is 5.97 Å². The Morgan fingerprint density at radius 1 is 1.45 bits per heavy atom. The Balaban J connectivity index is 4.12. The number of carbonyl (C=O) groups excluding carboxylic acids is 1. The quantitative estimate of drug-likeness (QED) is 0.705. The van der Waals surface area contributed by atoms with E-state index in [0.717, 1.165) is 11.8 Å². The van der Waals surface area contributed by atoms with Gasteiger partial charge in [-0.05, 0) is 20.1 Å². The van der Waals surface area contributed by atoms with Crippen LogP contribution in [0.5, 0.6) is 0 Å². The van der Waals surface area contributed by atoms with E-state index in [-0.39, 0.29) is 11.5 Å². The van der Waals surface area contributed by atoms with E-state index in [1.165, 1.54) is 0 Å². The van der Waals surface area contributed by atoms with E-state index >= 15 is 0 Å². The Morgan fingerprint density at radius 2 is 1.91 bits per heavy atom. The summed E-state index contributed by atoms with van der Waals surface area (Å²) in [6.45, 7) is 3.09. The average Bonchev–Trinajstić information content (AvgIpc) is 1.86. The number of carboxylic acid groups (broad SMARTS) is 1. The van der Waals surface area contributed by atoms with Crippen molar-refractivity contribution in [3.05, 3.63) is 0 Å². The predicted molar refractivity (Wildman–Crippen MR) is 44.6 cm³/mol. The molecule has 0 bridgehead atoms. The first-order valence-electron chi connectivity index (χ1n) is 3.20. The van der Waals surface area contributed by atoms with Crippen molar-refractivity contribution in [3.63, 3.8) is 0 Å². The molecule has 0 aromatic heterocycles. The summed E-state index contributed by atoms with van der Waals surface area (Å²) in [6, 6.07) is 0. The Bertz CT molecular complexity index is 175. The van der Waals surface area contributed by atoms with Gasteiger partial charge < -0.3 is 5.11 Å². The number of hydrogen-bond acceptors (Lipinski definition) is 3. The van der Waals surface area contributed by atoms with E-state index in [4.69, 9.17) is 5.11 Å². The van der Waals surface area contributed by atoms with Gasteiger partial charge in [0.05, 0.1) is 5.41 Å². The highest BCUT2D eigenvalue weighted by Crippen LogP contribution is 2.23. The van der Waals surface area contributed by atoms with Crippen LogP contribution >= 0.6 is 11.8 Å². The van der Waals surface area contributed by atoms with Crippen LogP contribution in [-0.2, 0) is 9.59 Å². The Kier molecular flexibility index (Phi) is 3.58. The molecular formula is C7H12O3S. The second-order valence-corrected chi connectivity index (χ2v) is 3.81. The second kappa shape index (κ2) is 3.76. The van der Waals surface area contributed by atoms with Gasteiger partial charge in [-0.2, -0.15) is 0 Å². The molecule has 0 atom stereocenters. The fraction of sp³-hybridized carbons (Fsp3) is 0.714. The summed E-state index contributed by atoms with van der Waals surface area (Å²) >= 11 is 1.07. The molecule has 0 fully saturated rings. The van der Waals surface area contributed by atoms with Crippen LogP contribution < -0.4 is 0 Å². The van der Waals surface area contributed by atoms with Gasteiger partial charge in [-0.25, -0.2) is 0 Å². The molecule has 4 heteroatoms. The third-order valence-corrected chi connectivity index (χ3v) is 1.99. The summed E-state index contributed by atoms with van der Waals surface area (Å²) in [5, 5.41) is 8.54. The Morgan fingerprint density at radius 3 is 2.18 bits per heavy atom. The fourth-order valence-corrected chi connectivity index (χ4v) is 1.01. The SMILES string of the molecule is CSC(=O)CC(C)(C)C(=O)O. The van der Waals surface area contributed by atoms with Crippen LogP contribution in [0.15, 0.2) is 0 Å². The number of rotatable bonds is 3. The highest BCUT2D eigenvalue weighted by molar-refractivity contribution is 8.13. The van der Waals surface area contributed by atoms with E-state index in [2.05, 4.69) is 0 Å². The summed E-state index contributed by atoms with van der Waals surface area (Å²) in [6.07, 6.45) is 1.74. The van der Waals surface area contributed by atoms with Gasteiger partial charge in [0.2, 0.25) is 0 Å². The molecule has 0 aliphatic rings. The summed E-state index contributed by atoms with van der Waals surface area (Å²) in [5.74, 6) is -0.931. The summed E-state index contributed by atoms with van der Waals surface area (Å²) in [7, 11) is 0. The molecule has 0 aromatic rings. The number of aliphatic carboxylic acids is 1. The first kappa shape index (κ1) is 10.5. The lowest BCUT2D eigenvalue weighted by molar-refractivity contribution is -0.148. The van der Waals surface area contributed by atoms with Gasteiger partial charge in [0.15, 0.2) is 5.12 Å². The zero-order valence-electron chi connectivity index (χ0n) is 6.88. The maximum atomic E-state index is 10.8. The molecule has 0 saturated carbocycles. The van der Waals surface area contributed by atoms with Gasteiger partial charge in [-0.15, -0.1) is 0 Å². The summed E-state index contributed by atoms with van der Waals surface area (Å²) in [5.41, 5.74) is -0.930. The molecule has 0 aromatic carbocycles. The third-order valence-electron chi connectivity index (χ3n) is 1.39. The summed E-state index contributed by atoms with van der Waals surface area (Å²) < 4.78 is 0. The fourth-order valence-electron chi connectivity index (χ4n) is 0.509. The lowest BCUT2D eigenvalue weighted by atomic mass is 9.90. The van der Waals surface area contributed by atoms with Gasteiger partial charge in [0.25, 0.3) is 0 Å². The van der Waals surface area contributed by atoms with Crippen LogP contribution in [0.25, 0.3) is 0 Å². The van der Waals surface area contributed by atoms with Crippen molar-refractivity contribution < 1.29 is 14.7 Å². The maximum Gasteiger partial charge on any atom is 0.309 e. The minimum absolute atomic E-state index is 0.0857. The molecule has 0 amide bonds. The number of carbonyl (C=O) groups is 2. The van der Waals surface area contributed by atoms with Gasteiger partial charge in [-0.1, -0.05) is 11.8 Å². The van der Waals surface area contributed by atoms with Crippen LogP contribution in [0.2, 0.25) is 0 Å². The zero-order chi connectivity index (χ0) is 9.07. The van der Waals surface area contributed by atoms with E-state index < -0.39 is 11.4 Å². The molecule has 64 valence electrons. The number of thioether (sulfide) groups is 1. The molecule has 1 N–H and O–H groups in total. The standard InChI is InChI=1S/C7H12O3S/c1-7(2,6(9)10)4-5(8)11-3/h4H2,1-3H3,(H,9,10). The zero-order valence-corrected chi connectivity index (χ0v) is 7.70. The number of carboxylic acids is 1. The average molecular weight is 176 g/mol. The van der Waals surface area contributed by atoms with Crippen molar-refractivity contribution in [2.45, 2.75) is 20.3 Å². The van der Waals surface area contributed by atoms with E-state index in [0.29, 0.717) is 0 Å².